The molecular formula is C10H12ClN3OS. The van der Waals surface area contributed by atoms with Crippen LogP contribution >= 0.6 is 22.9 Å². The number of hydrogen-bond donors (Lipinski definition) is 1. The molecular weight excluding hydrogens is 246 g/mol. The highest BCUT2D eigenvalue weighted by Gasteiger charge is 2.01. The molecule has 2 aromatic rings. The zero-order valence-corrected chi connectivity index (χ0v) is 10.4. The van der Waals surface area contributed by atoms with E-state index in [1.807, 2.05) is 12.1 Å². The summed E-state index contributed by atoms with van der Waals surface area (Å²) < 4.78 is 6.07. The second-order valence-corrected chi connectivity index (χ2v) is 5.15. The molecule has 0 amide bonds. The van der Waals surface area contributed by atoms with Crippen molar-refractivity contribution in [1.82, 2.24) is 15.5 Å². The minimum atomic E-state index is 0.599. The molecule has 2 rings (SSSR count). The Balaban J connectivity index is 1.69. The number of halogens is 1. The van der Waals surface area contributed by atoms with Gasteiger partial charge in [-0.05, 0) is 18.6 Å². The molecule has 0 fully saturated rings. The highest BCUT2D eigenvalue weighted by molar-refractivity contribution is 7.16. The SMILES string of the molecule is Cc1nnc(CNCCc2ccc(Cl)s2)o1. The maximum Gasteiger partial charge on any atom is 0.230 e. The number of aryl methyl sites for hydroxylation is 1. The molecule has 0 saturated heterocycles. The van der Waals surface area contributed by atoms with E-state index in [1.165, 1.54) is 4.88 Å². The Morgan fingerprint density at radius 3 is 2.94 bits per heavy atom. The molecule has 2 heterocycles. The van der Waals surface area contributed by atoms with Crippen molar-refractivity contribution >= 4 is 22.9 Å². The zero-order valence-electron chi connectivity index (χ0n) is 8.86. The van der Waals surface area contributed by atoms with E-state index in [1.54, 1.807) is 18.3 Å². The molecule has 0 bridgehead atoms. The zero-order chi connectivity index (χ0) is 11.4. The lowest BCUT2D eigenvalue weighted by Crippen LogP contribution is -2.16. The molecule has 2 aromatic heterocycles. The second kappa shape index (κ2) is 5.43. The predicted octanol–water partition coefficient (Wildman–Crippen LogP) is 2.43. The van der Waals surface area contributed by atoms with Crippen molar-refractivity contribution in [1.29, 1.82) is 0 Å². The summed E-state index contributed by atoms with van der Waals surface area (Å²) in [5, 5.41) is 10.9. The third-order valence-electron chi connectivity index (χ3n) is 2.02. The van der Waals surface area contributed by atoms with Gasteiger partial charge in [0, 0.05) is 18.3 Å². The Hall–Kier alpha value is -0.910. The highest BCUT2D eigenvalue weighted by atomic mass is 35.5. The van der Waals surface area contributed by atoms with Crippen LogP contribution in [0.1, 0.15) is 16.7 Å². The maximum atomic E-state index is 5.84. The van der Waals surface area contributed by atoms with Crippen molar-refractivity contribution < 1.29 is 4.42 Å². The van der Waals surface area contributed by atoms with Crippen molar-refractivity contribution in [3.63, 3.8) is 0 Å². The smallest absolute Gasteiger partial charge is 0.230 e. The fourth-order valence-electron chi connectivity index (χ4n) is 1.30. The summed E-state index contributed by atoms with van der Waals surface area (Å²) >= 11 is 7.45. The summed E-state index contributed by atoms with van der Waals surface area (Å²) in [6.07, 6.45) is 0.963. The van der Waals surface area contributed by atoms with Crippen LogP contribution in [-0.4, -0.2) is 16.7 Å². The standard InChI is InChI=1S/C10H12ClN3OS/c1-7-13-14-10(15-7)6-12-5-4-8-2-3-9(11)16-8/h2-3,12H,4-6H2,1H3. The molecule has 0 atom stereocenters. The van der Waals surface area contributed by atoms with Crippen molar-refractivity contribution in [2.45, 2.75) is 19.9 Å². The van der Waals surface area contributed by atoms with E-state index in [0.29, 0.717) is 18.3 Å². The molecule has 6 heteroatoms. The van der Waals surface area contributed by atoms with Gasteiger partial charge in [-0.2, -0.15) is 0 Å². The van der Waals surface area contributed by atoms with Crippen LogP contribution in [0, 0.1) is 6.92 Å². The molecule has 16 heavy (non-hydrogen) atoms. The van der Waals surface area contributed by atoms with E-state index in [2.05, 4.69) is 15.5 Å². The van der Waals surface area contributed by atoms with Crippen LogP contribution in [0.2, 0.25) is 4.34 Å². The first kappa shape index (κ1) is 11.6. The summed E-state index contributed by atoms with van der Waals surface area (Å²) in [5.74, 6) is 1.23. The minimum absolute atomic E-state index is 0.599. The topological polar surface area (TPSA) is 51.0 Å². The number of aromatic nitrogens is 2. The van der Waals surface area contributed by atoms with Crippen LogP contribution < -0.4 is 5.32 Å². The van der Waals surface area contributed by atoms with E-state index in [-0.39, 0.29) is 0 Å². The van der Waals surface area contributed by atoms with Crippen molar-refractivity contribution in [3.05, 3.63) is 33.1 Å². The van der Waals surface area contributed by atoms with Crippen LogP contribution in [0.25, 0.3) is 0 Å². The number of rotatable bonds is 5. The van der Waals surface area contributed by atoms with E-state index in [9.17, 15) is 0 Å². The van der Waals surface area contributed by atoms with Crippen LogP contribution in [0.4, 0.5) is 0 Å². The Kier molecular flexibility index (Phi) is 3.93. The Morgan fingerprint density at radius 2 is 2.31 bits per heavy atom. The summed E-state index contributed by atoms with van der Waals surface area (Å²) in [6, 6.07) is 3.97. The first-order chi connectivity index (χ1) is 7.74. The average molecular weight is 258 g/mol. The molecule has 4 nitrogen and oxygen atoms in total. The van der Waals surface area contributed by atoms with Crippen molar-refractivity contribution in [3.8, 4) is 0 Å². The molecule has 0 saturated carbocycles. The highest BCUT2D eigenvalue weighted by Crippen LogP contribution is 2.21. The summed E-state index contributed by atoms with van der Waals surface area (Å²) in [5.41, 5.74) is 0. The molecule has 0 radical (unpaired) electrons. The van der Waals surface area contributed by atoms with Crippen LogP contribution in [0.5, 0.6) is 0 Å². The van der Waals surface area contributed by atoms with Gasteiger partial charge in [0.2, 0.25) is 11.8 Å². The number of thiophene rings is 1. The van der Waals surface area contributed by atoms with Crippen LogP contribution in [-0.2, 0) is 13.0 Å². The number of nitrogens with zero attached hydrogens (tertiary/aromatic N) is 2. The van der Waals surface area contributed by atoms with E-state index >= 15 is 0 Å². The Bertz CT molecular complexity index is 412. The molecule has 1 N–H and O–H groups in total. The largest absolute Gasteiger partial charge is 0.424 e. The average Bonchev–Trinajstić information content (AvgIpc) is 2.83. The summed E-state index contributed by atoms with van der Waals surface area (Å²) in [7, 11) is 0. The molecule has 0 aliphatic heterocycles. The van der Waals surface area contributed by atoms with Crippen LogP contribution in [0.3, 0.4) is 0 Å². The fraction of sp³-hybridized carbons (Fsp3) is 0.400. The van der Waals surface area contributed by atoms with Gasteiger partial charge in [-0.3, -0.25) is 0 Å². The molecule has 0 aromatic carbocycles. The fourth-order valence-corrected chi connectivity index (χ4v) is 2.39. The Morgan fingerprint density at radius 1 is 1.44 bits per heavy atom. The van der Waals surface area contributed by atoms with Crippen molar-refractivity contribution in [2.24, 2.45) is 0 Å². The van der Waals surface area contributed by atoms with Gasteiger partial charge >= 0.3 is 0 Å². The lowest BCUT2D eigenvalue weighted by atomic mass is 10.3. The number of nitrogens with one attached hydrogen (secondary N) is 1. The van der Waals surface area contributed by atoms with E-state index in [0.717, 1.165) is 17.3 Å². The first-order valence-corrected chi connectivity index (χ1v) is 6.17. The third-order valence-corrected chi connectivity index (χ3v) is 3.31. The normalized spacial score (nSPS) is 10.9. The van der Waals surface area contributed by atoms with Gasteiger partial charge in [-0.25, -0.2) is 0 Å². The van der Waals surface area contributed by atoms with E-state index in [4.69, 9.17) is 16.0 Å². The third kappa shape index (κ3) is 3.30. The molecule has 86 valence electrons. The number of hydrogen-bond acceptors (Lipinski definition) is 5. The summed E-state index contributed by atoms with van der Waals surface area (Å²) in [4.78, 5) is 1.28. The molecule has 0 aliphatic rings. The van der Waals surface area contributed by atoms with Gasteiger partial charge in [0.05, 0.1) is 10.9 Å². The van der Waals surface area contributed by atoms with Gasteiger partial charge < -0.3 is 9.73 Å². The maximum absolute atomic E-state index is 5.84. The van der Waals surface area contributed by atoms with Crippen LogP contribution in [0.15, 0.2) is 16.5 Å². The monoisotopic (exact) mass is 257 g/mol. The predicted molar refractivity (Wildman–Crippen MR) is 63.8 cm³/mol. The lowest BCUT2D eigenvalue weighted by Gasteiger charge is -1.99. The first-order valence-electron chi connectivity index (χ1n) is 4.98. The minimum Gasteiger partial charge on any atom is -0.424 e. The lowest BCUT2D eigenvalue weighted by molar-refractivity contribution is 0.448. The molecule has 0 unspecified atom stereocenters. The van der Waals surface area contributed by atoms with Gasteiger partial charge in [0.15, 0.2) is 0 Å². The van der Waals surface area contributed by atoms with Crippen molar-refractivity contribution in [2.75, 3.05) is 6.54 Å². The van der Waals surface area contributed by atoms with Gasteiger partial charge in [-0.1, -0.05) is 11.6 Å². The molecule has 0 spiro atoms. The van der Waals surface area contributed by atoms with E-state index < -0.39 is 0 Å². The van der Waals surface area contributed by atoms with Gasteiger partial charge in [0.25, 0.3) is 0 Å². The quantitative estimate of drug-likeness (QED) is 0.836. The van der Waals surface area contributed by atoms with Gasteiger partial charge in [0.1, 0.15) is 0 Å². The Labute approximate surface area is 103 Å². The van der Waals surface area contributed by atoms with Gasteiger partial charge in [-0.15, -0.1) is 21.5 Å². The second-order valence-electron chi connectivity index (χ2n) is 3.35. The summed E-state index contributed by atoms with van der Waals surface area (Å²) in [6.45, 7) is 3.27. The molecule has 0 aliphatic carbocycles.